The second-order valence-corrected chi connectivity index (χ2v) is 5.25. The molecule has 0 saturated heterocycles. The van der Waals surface area contributed by atoms with E-state index in [2.05, 4.69) is 11.2 Å². The van der Waals surface area contributed by atoms with E-state index in [-0.39, 0.29) is 18.3 Å². The molecule has 0 aliphatic carbocycles. The Labute approximate surface area is 103 Å². The van der Waals surface area contributed by atoms with Crippen LogP contribution in [0.2, 0.25) is 0 Å². The molecule has 0 bridgehead atoms. The van der Waals surface area contributed by atoms with Gasteiger partial charge in [-0.15, -0.1) is 6.42 Å². The van der Waals surface area contributed by atoms with Crippen LogP contribution in [-0.2, 0) is 15.6 Å². The number of carboxylic acid groups (broad SMARTS) is 1. The largest absolute Gasteiger partial charge is 0.480 e. The number of hydrogen-bond donors (Lipinski definition) is 2. The highest BCUT2D eigenvalue weighted by Gasteiger charge is 2.16. The number of hydrogen-bond acceptors (Lipinski definition) is 3. The molecule has 0 aromatic rings. The van der Waals surface area contributed by atoms with Crippen LogP contribution in [0.5, 0.6) is 0 Å². The smallest absolute Gasteiger partial charge is 0.323 e. The molecule has 0 aromatic carbocycles. The number of urea groups is 1. The summed E-state index contributed by atoms with van der Waals surface area (Å²) in [5.74, 6) is 1.07. The molecule has 0 aliphatic heterocycles. The van der Waals surface area contributed by atoms with Gasteiger partial charge in [-0.2, -0.15) is 0 Å². The van der Waals surface area contributed by atoms with E-state index >= 15 is 0 Å². The van der Waals surface area contributed by atoms with Crippen molar-refractivity contribution in [1.82, 2.24) is 10.2 Å². The molecule has 2 amide bonds. The highest BCUT2D eigenvalue weighted by molar-refractivity contribution is 7.84. The summed E-state index contributed by atoms with van der Waals surface area (Å²) in [6.07, 6.45) is 6.57. The van der Waals surface area contributed by atoms with Crippen LogP contribution in [0.15, 0.2) is 0 Å². The van der Waals surface area contributed by atoms with Gasteiger partial charge in [0.1, 0.15) is 6.54 Å². The zero-order chi connectivity index (χ0) is 13.4. The number of carboxylic acids is 1. The van der Waals surface area contributed by atoms with Crippen molar-refractivity contribution in [2.24, 2.45) is 0 Å². The lowest BCUT2D eigenvalue weighted by molar-refractivity contribution is -0.137. The van der Waals surface area contributed by atoms with E-state index in [1.165, 1.54) is 6.26 Å². The molecule has 0 heterocycles. The van der Waals surface area contributed by atoms with Crippen LogP contribution in [0.4, 0.5) is 4.79 Å². The highest BCUT2D eigenvalue weighted by Crippen LogP contribution is 1.93. The van der Waals surface area contributed by atoms with Crippen molar-refractivity contribution in [3.05, 3.63) is 0 Å². The Morgan fingerprint density at radius 2 is 2.18 bits per heavy atom. The van der Waals surface area contributed by atoms with Crippen LogP contribution in [0.1, 0.15) is 6.92 Å². The van der Waals surface area contributed by atoms with Crippen molar-refractivity contribution in [3.63, 3.8) is 0 Å². The van der Waals surface area contributed by atoms with Gasteiger partial charge in [0.25, 0.3) is 0 Å². The summed E-state index contributed by atoms with van der Waals surface area (Å²) in [5.41, 5.74) is 0. The molecular weight excluding hydrogens is 244 g/mol. The summed E-state index contributed by atoms with van der Waals surface area (Å²) in [6.45, 7) is 1.39. The third kappa shape index (κ3) is 6.58. The Kier molecular flexibility index (Phi) is 6.98. The molecule has 0 rings (SSSR count). The fourth-order valence-electron chi connectivity index (χ4n) is 0.933. The molecule has 0 saturated carbocycles. The minimum absolute atomic E-state index is 0.0816. The summed E-state index contributed by atoms with van der Waals surface area (Å²) in [7, 11) is -1.04. The van der Waals surface area contributed by atoms with E-state index in [1.807, 2.05) is 0 Å². The lowest BCUT2D eigenvalue weighted by Gasteiger charge is -2.19. The van der Waals surface area contributed by atoms with E-state index < -0.39 is 29.3 Å². The Morgan fingerprint density at radius 1 is 1.59 bits per heavy atom. The molecule has 6 nitrogen and oxygen atoms in total. The maximum absolute atomic E-state index is 11.6. The Hall–Kier alpha value is -1.55. The monoisotopic (exact) mass is 260 g/mol. The van der Waals surface area contributed by atoms with E-state index in [0.717, 1.165) is 4.90 Å². The van der Waals surface area contributed by atoms with E-state index in [9.17, 15) is 13.8 Å². The van der Waals surface area contributed by atoms with Crippen molar-refractivity contribution in [2.45, 2.75) is 12.2 Å². The van der Waals surface area contributed by atoms with Crippen molar-refractivity contribution in [1.29, 1.82) is 0 Å². The second kappa shape index (κ2) is 7.68. The number of nitrogens with zero attached hydrogens (tertiary/aromatic N) is 1. The van der Waals surface area contributed by atoms with Gasteiger partial charge in [0.2, 0.25) is 0 Å². The number of carbonyl (C=O) groups excluding carboxylic acids is 1. The normalized spacial score (nSPS) is 13.2. The summed E-state index contributed by atoms with van der Waals surface area (Å²) in [4.78, 5) is 23.0. The van der Waals surface area contributed by atoms with Crippen LogP contribution in [0, 0.1) is 12.3 Å². The van der Waals surface area contributed by atoms with E-state index in [0.29, 0.717) is 0 Å². The van der Waals surface area contributed by atoms with Gasteiger partial charge in [0, 0.05) is 28.9 Å². The maximum Gasteiger partial charge on any atom is 0.323 e. The first-order chi connectivity index (χ1) is 7.88. The van der Waals surface area contributed by atoms with Crippen LogP contribution in [0.25, 0.3) is 0 Å². The quantitative estimate of drug-likeness (QED) is 0.629. The first-order valence-electron chi connectivity index (χ1n) is 4.88. The van der Waals surface area contributed by atoms with Crippen LogP contribution < -0.4 is 5.32 Å². The molecule has 7 heteroatoms. The Morgan fingerprint density at radius 3 is 2.59 bits per heavy atom. The molecule has 2 atom stereocenters. The molecule has 0 fully saturated rings. The second-order valence-electron chi connectivity index (χ2n) is 3.45. The number of carbonyl (C=O) groups is 2. The number of terminal acetylenes is 1. The molecule has 96 valence electrons. The first-order valence-corrected chi connectivity index (χ1v) is 6.50. The third-order valence-electron chi connectivity index (χ3n) is 2.00. The summed E-state index contributed by atoms with van der Waals surface area (Å²) >= 11 is 0. The van der Waals surface area contributed by atoms with Crippen molar-refractivity contribution >= 4 is 22.8 Å². The van der Waals surface area contributed by atoms with E-state index in [1.54, 1.807) is 6.92 Å². The van der Waals surface area contributed by atoms with Gasteiger partial charge in [-0.25, -0.2) is 4.79 Å². The first kappa shape index (κ1) is 15.5. The predicted molar refractivity (Wildman–Crippen MR) is 65.0 cm³/mol. The van der Waals surface area contributed by atoms with Gasteiger partial charge in [0.05, 0.1) is 6.54 Å². The number of rotatable bonds is 6. The lowest BCUT2D eigenvalue weighted by Crippen LogP contribution is -2.45. The molecule has 0 aromatic heterocycles. The minimum atomic E-state index is -1.14. The van der Waals surface area contributed by atoms with Gasteiger partial charge in [-0.1, -0.05) is 5.92 Å². The molecule has 0 aliphatic rings. The Bertz CT molecular complexity index is 351. The molecular formula is C10H16N2O4S. The highest BCUT2D eigenvalue weighted by atomic mass is 32.2. The molecule has 17 heavy (non-hydrogen) atoms. The summed E-state index contributed by atoms with van der Waals surface area (Å²) < 4.78 is 11.0. The molecule has 2 N–H and O–H groups in total. The summed E-state index contributed by atoms with van der Waals surface area (Å²) in [5, 5.41) is 10.9. The van der Waals surface area contributed by atoms with Gasteiger partial charge >= 0.3 is 12.0 Å². The van der Waals surface area contributed by atoms with Crippen molar-refractivity contribution in [2.75, 3.05) is 25.9 Å². The molecule has 2 unspecified atom stereocenters. The minimum Gasteiger partial charge on any atom is -0.480 e. The average molecular weight is 260 g/mol. The van der Waals surface area contributed by atoms with Crippen molar-refractivity contribution < 1.29 is 18.9 Å². The fourth-order valence-corrected chi connectivity index (χ4v) is 1.25. The van der Waals surface area contributed by atoms with Gasteiger partial charge in [0.15, 0.2) is 0 Å². The van der Waals surface area contributed by atoms with Gasteiger partial charge in [-0.05, 0) is 6.92 Å². The average Bonchev–Trinajstić information content (AvgIpc) is 2.23. The number of nitrogens with one attached hydrogen (secondary N) is 1. The topological polar surface area (TPSA) is 86.7 Å². The zero-order valence-corrected chi connectivity index (χ0v) is 10.6. The fraction of sp³-hybridized carbons (Fsp3) is 0.600. The van der Waals surface area contributed by atoms with Crippen LogP contribution >= 0.6 is 0 Å². The number of amides is 2. The third-order valence-corrected chi connectivity index (χ3v) is 3.30. The van der Waals surface area contributed by atoms with Gasteiger partial charge < -0.3 is 15.3 Å². The summed E-state index contributed by atoms with van der Waals surface area (Å²) in [6, 6.07) is -0.567. The Balaban J connectivity index is 4.28. The van der Waals surface area contributed by atoms with Crippen LogP contribution in [0.3, 0.4) is 0 Å². The predicted octanol–water partition coefficient (Wildman–Crippen LogP) is -0.517. The standard InChI is InChI=1S/C10H16N2O4S/c1-4-5-12(7-9(13)14)10(15)11-6-8(2)17(3)16/h1,8H,5-7H2,2-3H3,(H,11,15)(H,13,14). The molecule has 0 spiro atoms. The van der Waals surface area contributed by atoms with Crippen LogP contribution in [-0.4, -0.2) is 57.4 Å². The SMILES string of the molecule is C#CCN(CC(=O)O)C(=O)NCC(C)S(C)=O. The lowest BCUT2D eigenvalue weighted by atomic mass is 10.4. The number of aliphatic carboxylic acids is 1. The van der Waals surface area contributed by atoms with Crippen molar-refractivity contribution in [3.8, 4) is 12.3 Å². The zero-order valence-electron chi connectivity index (χ0n) is 9.80. The maximum atomic E-state index is 11.6. The molecule has 0 radical (unpaired) electrons. The van der Waals surface area contributed by atoms with Gasteiger partial charge in [-0.3, -0.25) is 9.00 Å². The van der Waals surface area contributed by atoms with E-state index in [4.69, 9.17) is 11.5 Å².